The van der Waals surface area contributed by atoms with Crippen LogP contribution in [0.1, 0.15) is 40.1 Å². The Kier molecular flexibility index (Phi) is 6.63. The number of nitrogens with one attached hydrogen (secondary N) is 2. The van der Waals surface area contributed by atoms with E-state index in [0.29, 0.717) is 23.4 Å². The van der Waals surface area contributed by atoms with E-state index < -0.39 is 0 Å². The van der Waals surface area contributed by atoms with Gasteiger partial charge < -0.3 is 15.4 Å². The first-order valence-corrected chi connectivity index (χ1v) is 9.51. The fraction of sp³-hybridized carbons (Fsp3) is 0.167. The lowest BCUT2D eigenvalue weighted by Gasteiger charge is -2.11. The molecule has 0 atom stereocenters. The van der Waals surface area contributed by atoms with Crippen LogP contribution in [0.5, 0.6) is 5.75 Å². The van der Waals surface area contributed by atoms with Gasteiger partial charge in [0.15, 0.2) is 0 Å². The Labute approximate surface area is 170 Å². The summed E-state index contributed by atoms with van der Waals surface area (Å²) < 4.78 is 5.59. The van der Waals surface area contributed by atoms with Crippen molar-refractivity contribution >= 4 is 17.5 Å². The lowest BCUT2D eigenvalue weighted by atomic mass is 10.1. The SMILES string of the molecule is CC(C)Oc1ccc(NC(=O)c2ccc(C(=O)NCc3ccccc3)cc2)cc1. The first-order chi connectivity index (χ1) is 14.0. The molecule has 0 aliphatic carbocycles. The topological polar surface area (TPSA) is 67.4 Å². The predicted molar refractivity (Wildman–Crippen MR) is 114 cm³/mol. The van der Waals surface area contributed by atoms with E-state index in [1.807, 2.05) is 56.3 Å². The van der Waals surface area contributed by atoms with Gasteiger partial charge in [-0.3, -0.25) is 9.59 Å². The van der Waals surface area contributed by atoms with Crippen molar-refractivity contribution in [2.75, 3.05) is 5.32 Å². The molecular weight excluding hydrogens is 364 g/mol. The summed E-state index contributed by atoms with van der Waals surface area (Å²) in [6, 6.07) is 23.5. The quantitative estimate of drug-likeness (QED) is 0.619. The van der Waals surface area contributed by atoms with E-state index in [1.54, 1.807) is 36.4 Å². The molecule has 5 heteroatoms. The molecule has 0 bridgehead atoms. The Morgan fingerprint density at radius 1 is 0.793 bits per heavy atom. The van der Waals surface area contributed by atoms with E-state index in [-0.39, 0.29) is 17.9 Å². The van der Waals surface area contributed by atoms with E-state index in [4.69, 9.17) is 4.74 Å². The predicted octanol–water partition coefficient (Wildman–Crippen LogP) is 4.66. The normalized spacial score (nSPS) is 10.4. The van der Waals surface area contributed by atoms with Crippen molar-refractivity contribution in [2.24, 2.45) is 0 Å². The summed E-state index contributed by atoms with van der Waals surface area (Å²) in [6.45, 7) is 4.38. The van der Waals surface area contributed by atoms with E-state index in [2.05, 4.69) is 10.6 Å². The standard InChI is InChI=1S/C24H24N2O3/c1-17(2)29-22-14-12-21(13-15-22)26-24(28)20-10-8-19(9-11-20)23(27)25-16-18-6-4-3-5-7-18/h3-15,17H,16H2,1-2H3,(H,25,27)(H,26,28). The van der Waals surface area contributed by atoms with Gasteiger partial charge in [-0.05, 0) is 67.9 Å². The summed E-state index contributed by atoms with van der Waals surface area (Å²) in [5, 5.41) is 5.71. The van der Waals surface area contributed by atoms with Crippen molar-refractivity contribution < 1.29 is 14.3 Å². The summed E-state index contributed by atoms with van der Waals surface area (Å²) in [6.07, 6.45) is 0.0962. The third kappa shape index (κ3) is 5.94. The molecule has 3 aromatic rings. The summed E-state index contributed by atoms with van der Waals surface area (Å²) in [5.74, 6) is 0.337. The van der Waals surface area contributed by atoms with Crippen molar-refractivity contribution in [3.05, 3.63) is 95.6 Å². The maximum Gasteiger partial charge on any atom is 0.255 e. The van der Waals surface area contributed by atoms with Gasteiger partial charge in [0.05, 0.1) is 6.10 Å². The Hall–Kier alpha value is -3.60. The second-order valence-corrected chi connectivity index (χ2v) is 6.89. The van der Waals surface area contributed by atoms with Crippen LogP contribution in [0.2, 0.25) is 0 Å². The van der Waals surface area contributed by atoms with Crippen molar-refractivity contribution in [1.29, 1.82) is 0 Å². The number of carbonyl (C=O) groups is 2. The van der Waals surface area contributed by atoms with Crippen molar-refractivity contribution in [3.8, 4) is 5.75 Å². The summed E-state index contributed by atoms with van der Waals surface area (Å²) >= 11 is 0. The summed E-state index contributed by atoms with van der Waals surface area (Å²) in [4.78, 5) is 24.7. The second kappa shape index (κ2) is 9.55. The molecule has 0 spiro atoms. The number of amides is 2. The molecule has 0 unspecified atom stereocenters. The summed E-state index contributed by atoms with van der Waals surface area (Å²) in [5.41, 5.74) is 2.69. The van der Waals surface area contributed by atoms with Crippen molar-refractivity contribution in [2.45, 2.75) is 26.5 Å². The van der Waals surface area contributed by atoms with Crippen LogP contribution in [0.25, 0.3) is 0 Å². The third-order valence-electron chi connectivity index (χ3n) is 4.19. The number of carbonyl (C=O) groups excluding carboxylic acids is 2. The van der Waals surface area contributed by atoms with Gasteiger partial charge in [-0.15, -0.1) is 0 Å². The van der Waals surface area contributed by atoms with Crippen LogP contribution < -0.4 is 15.4 Å². The number of ether oxygens (including phenoxy) is 1. The lowest BCUT2D eigenvalue weighted by Crippen LogP contribution is -2.22. The van der Waals surface area contributed by atoms with Gasteiger partial charge in [0, 0.05) is 23.4 Å². The molecule has 0 radical (unpaired) electrons. The largest absolute Gasteiger partial charge is 0.491 e. The first kappa shape index (κ1) is 20.1. The molecule has 5 nitrogen and oxygen atoms in total. The lowest BCUT2D eigenvalue weighted by molar-refractivity contribution is 0.0949. The molecule has 0 aliphatic rings. The van der Waals surface area contributed by atoms with E-state index in [1.165, 1.54) is 0 Å². The second-order valence-electron chi connectivity index (χ2n) is 6.89. The summed E-state index contributed by atoms with van der Waals surface area (Å²) in [7, 11) is 0. The number of rotatable bonds is 7. The first-order valence-electron chi connectivity index (χ1n) is 9.51. The van der Waals surface area contributed by atoms with Crippen LogP contribution in [-0.4, -0.2) is 17.9 Å². The maximum atomic E-state index is 12.4. The Morgan fingerprint density at radius 2 is 1.38 bits per heavy atom. The zero-order chi connectivity index (χ0) is 20.6. The van der Waals surface area contributed by atoms with Crippen LogP contribution in [0.4, 0.5) is 5.69 Å². The molecule has 2 amide bonds. The van der Waals surface area contributed by atoms with Gasteiger partial charge in [0.25, 0.3) is 11.8 Å². The minimum atomic E-state index is -0.237. The van der Waals surface area contributed by atoms with Gasteiger partial charge in [-0.2, -0.15) is 0 Å². The van der Waals surface area contributed by atoms with Crippen LogP contribution in [-0.2, 0) is 6.54 Å². The molecule has 3 aromatic carbocycles. The van der Waals surface area contributed by atoms with Crippen LogP contribution in [0.3, 0.4) is 0 Å². The molecule has 2 N–H and O–H groups in total. The van der Waals surface area contributed by atoms with E-state index in [9.17, 15) is 9.59 Å². The molecule has 0 heterocycles. The highest BCUT2D eigenvalue weighted by Gasteiger charge is 2.09. The number of hydrogen-bond donors (Lipinski definition) is 2. The number of hydrogen-bond acceptors (Lipinski definition) is 3. The third-order valence-corrected chi connectivity index (χ3v) is 4.19. The van der Waals surface area contributed by atoms with Crippen molar-refractivity contribution in [3.63, 3.8) is 0 Å². The van der Waals surface area contributed by atoms with Gasteiger partial charge in [0.1, 0.15) is 5.75 Å². The Bertz CT molecular complexity index is 950. The van der Waals surface area contributed by atoms with Gasteiger partial charge >= 0.3 is 0 Å². The maximum absolute atomic E-state index is 12.4. The Balaban J connectivity index is 1.56. The zero-order valence-electron chi connectivity index (χ0n) is 16.5. The molecule has 29 heavy (non-hydrogen) atoms. The smallest absolute Gasteiger partial charge is 0.255 e. The molecule has 0 aliphatic heterocycles. The Morgan fingerprint density at radius 3 is 1.97 bits per heavy atom. The molecule has 0 fully saturated rings. The highest BCUT2D eigenvalue weighted by molar-refractivity contribution is 6.05. The fourth-order valence-corrected chi connectivity index (χ4v) is 2.75. The molecule has 0 saturated carbocycles. The van der Waals surface area contributed by atoms with E-state index in [0.717, 1.165) is 11.3 Å². The minimum Gasteiger partial charge on any atom is -0.491 e. The van der Waals surface area contributed by atoms with Gasteiger partial charge in [-0.1, -0.05) is 30.3 Å². The monoisotopic (exact) mass is 388 g/mol. The van der Waals surface area contributed by atoms with Crippen molar-refractivity contribution in [1.82, 2.24) is 5.32 Å². The van der Waals surface area contributed by atoms with E-state index >= 15 is 0 Å². The molecule has 0 aromatic heterocycles. The van der Waals surface area contributed by atoms with Crippen LogP contribution in [0.15, 0.2) is 78.9 Å². The van der Waals surface area contributed by atoms with Gasteiger partial charge in [-0.25, -0.2) is 0 Å². The molecule has 0 saturated heterocycles. The highest BCUT2D eigenvalue weighted by atomic mass is 16.5. The highest BCUT2D eigenvalue weighted by Crippen LogP contribution is 2.18. The number of anilines is 1. The van der Waals surface area contributed by atoms with Gasteiger partial charge in [0.2, 0.25) is 0 Å². The minimum absolute atomic E-state index is 0.0962. The number of benzene rings is 3. The zero-order valence-corrected chi connectivity index (χ0v) is 16.5. The fourth-order valence-electron chi connectivity index (χ4n) is 2.75. The molecule has 3 rings (SSSR count). The van der Waals surface area contributed by atoms with Crippen LogP contribution >= 0.6 is 0 Å². The molecule has 148 valence electrons. The van der Waals surface area contributed by atoms with Crippen LogP contribution in [0, 0.1) is 0 Å². The molecular formula is C24H24N2O3. The average Bonchev–Trinajstić information content (AvgIpc) is 2.74. The average molecular weight is 388 g/mol.